The molecule has 2 aromatic carbocycles. The van der Waals surface area contributed by atoms with E-state index >= 15 is 0 Å². The Balaban J connectivity index is 2.17. The summed E-state index contributed by atoms with van der Waals surface area (Å²) in [5.41, 5.74) is 2.21. The highest BCUT2D eigenvalue weighted by atomic mass is 79.9. The average Bonchev–Trinajstić information content (AvgIpc) is 2.80. The highest BCUT2D eigenvalue weighted by Crippen LogP contribution is 2.34. The van der Waals surface area contributed by atoms with Gasteiger partial charge in [-0.05, 0) is 69.5 Å². The van der Waals surface area contributed by atoms with Crippen LogP contribution in [-0.2, 0) is 6.42 Å². The largest absolute Gasteiger partial charge is 0.490 e. The second-order valence-electron chi connectivity index (χ2n) is 8.40. The highest BCUT2D eigenvalue weighted by molar-refractivity contribution is 9.10. The summed E-state index contributed by atoms with van der Waals surface area (Å²) >= 11 is 3.45. The fourth-order valence-corrected chi connectivity index (χ4v) is 3.96. The van der Waals surface area contributed by atoms with Crippen LogP contribution < -0.4 is 15.0 Å². The lowest BCUT2D eigenvalue weighted by molar-refractivity contribution is 0.222. The van der Waals surface area contributed by atoms with Gasteiger partial charge in [-0.25, -0.2) is 4.98 Å². The van der Waals surface area contributed by atoms with Gasteiger partial charge in [0.15, 0.2) is 11.5 Å². The zero-order valence-electron chi connectivity index (χ0n) is 20.5. The predicted molar refractivity (Wildman–Crippen MR) is 143 cm³/mol. The molecular formula is C27H32BrN3O3. The lowest BCUT2D eigenvalue weighted by atomic mass is 10.1. The van der Waals surface area contributed by atoms with Crippen molar-refractivity contribution in [3.05, 3.63) is 74.8 Å². The van der Waals surface area contributed by atoms with Crippen LogP contribution in [0.5, 0.6) is 11.5 Å². The molecule has 3 rings (SSSR count). The first-order valence-electron chi connectivity index (χ1n) is 11.6. The normalized spacial score (nSPS) is 12.4. The molecule has 3 aromatic rings. The van der Waals surface area contributed by atoms with Crippen LogP contribution in [0, 0.1) is 0 Å². The molecular weight excluding hydrogens is 494 g/mol. The van der Waals surface area contributed by atoms with Gasteiger partial charge in [0.25, 0.3) is 5.56 Å². The quantitative estimate of drug-likeness (QED) is 0.224. The van der Waals surface area contributed by atoms with Gasteiger partial charge in [0.2, 0.25) is 0 Å². The van der Waals surface area contributed by atoms with Gasteiger partial charge in [-0.1, -0.05) is 35.9 Å². The minimum atomic E-state index is -0.200. The summed E-state index contributed by atoms with van der Waals surface area (Å²) < 4.78 is 14.2. The summed E-state index contributed by atoms with van der Waals surface area (Å²) in [7, 11) is 0. The monoisotopic (exact) mass is 525 g/mol. The van der Waals surface area contributed by atoms with Crippen LogP contribution >= 0.6 is 15.9 Å². The molecule has 0 saturated carbocycles. The van der Waals surface area contributed by atoms with Crippen molar-refractivity contribution in [1.82, 2.24) is 9.66 Å². The van der Waals surface area contributed by atoms with Crippen LogP contribution in [0.4, 0.5) is 0 Å². The van der Waals surface area contributed by atoms with Crippen molar-refractivity contribution < 1.29 is 9.47 Å². The van der Waals surface area contributed by atoms with Gasteiger partial charge in [0, 0.05) is 16.0 Å². The van der Waals surface area contributed by atoms with E-state index in [0.29, 0.717) is 41.3 Å². The van der Waals surface area contributed by atoms with Crippen LogP contribution in [0.3, 0.4) is 0 Å². The number of aromatic nitrogens is 2. The summed E-state index contributed by atoms with van der Waals surface area (Å²) in [5, 5.41) is 5.11. The molecule has 0 aliphatic heterocycles. The third-order valence-corrected chi connectivity index (χ3v) is 5.87. The van der Waals surface area contributed by atoms with Gasteiger partial charge in [0.1, 0.15) is 5.82 Å². The van der Waals surface area contributed by atoms with E-state index in [0.717, 1.165) is 22.0 Å². The minimum absolute atomic E-state index is 0.00181. The van der Waals surface area contributed by atoms with E-state index in [1.807, 2.05) is 58.0 Å². The van der Waals surface area contributed by atoms with Crippen molar-refractivity contribution in [2.75, 3.05) is 6.61 Å². The Kier molecular flexibility index (Phi) is 8.67. The van der Waals surface area contributed by atoms with Crippen LogP contribution in [0.1, 0.15) is 63.9 Å². The van der Waals surface area contributed by atoms with E-state index < -0.39 is 0 Å². The van der Waals surface area contributed by atoms with Gasteiger partial charge in [-0.15, -0.1) is 6.58 Å². The first-order valence-corrected chi connectivity index (χ1v) is 12.4. The van der Waals surface area contributed by atoms with E-state index in [2.05, 4.69) is 34.5 Å². The molecule has 34 heavy (non-hydrogen) atoms. The number of benzene rings is 2. The average molecular weight is 526 g/mol. The second-order valence-corrected chi connectivity index (χ2v) is 9.32. The van der Waals surface area contributed by atoms with Gasteiger partial charge >= 0.3 is 0 Å². The second kappa shape index (κ2) is 11.5. The predicted octanol–water partition coefficient (Wildman–Crippen LogP) is 6.47. The number of nitrogens with zero attached hydrogens (tertiary/aromatic N) is 3. The Bertz CT molecular complexity index is 1260. The van der Waals surface area contributed by atoms with E-state index in [1.54, 1.807) is 12.3 Å². The molecule has 180 valence electrons. The zero-order chi connectivity index (χ0) is 24.8. The maximum Gasteiger partial charge on any atom is 0.282 e. The van der Waals surface area contributed by atoms with E-state index in [9.17, 15) is 4.79 Å². The summed E-state index contributed by atoms with van der Waals surface area (Å²) in [5.74, 6) is 2.06. The van der Waals surface area contributed by atoms with Crippen molar-refractivity contribution >= 4 is 33.0 Å². The van der Waals surface area contributed by atoms with E-state index in [1.165, 1.54) is 4.68 Å². The van der Waals surface area contributed by atoms with Crippen molar-refractivity contribution in [3.8, 4) is 11.5 Å². The molecule has 0 spiro atoms. The number of allylic oxidation sites excluding steroid dienone is 1. The van der Waals surface area contributed by atoms with Crippen LogP contribution in [0.15, 0.2) is 57.4 Å². The summed E-state index contributed by atoms with van der Waals surface area (Å²) in [6.07, 6.45) is 4.96. The van der Waals surface area contributed by atoms with Crippen LogP contribution in [-0.4, -0.2) is 28.6 Å². The molecule has 7 heteroatoms. The SMILES string of the molecule is C=CCc1cc(C=Nn2c([C@@H](C)CC)nc3ccc(Br)cc3c2=O)cc(OCC)c1OC(C)C. The molecule has 0 bridgehead atoms. The molecule has 0 N–H and O–H groups in total. The lowest BCUT2D eigenvalue weighted by Crippen LogP contribution is -2.23. The Morgan fingerprint density at radius 3 is 2.62 bits per heavy atom. The number of ether oxygens (including phenoxy) is 2. The molecule has 0 radical (unpaired) electrons. The number of halogens is 1. The Morgan fingerprint density at radius 1 is 1.21 bits per heavy atom. The fourth-order valence-electron chi connectivity index (χ4n) is 3.60. The number of hydrogen-bond donors (Lipinski definition) is 0. The number of hydrogen-bond acceptors (Lipinski definition) is 5. The zero-order valence-corrected chi connectivity index (χ0v) is 22.1. The van der Waals surface area contributed by atoms with Crippen LogP contribution in [0.25, 0.3) is 10.9 Å². The molecule has 1 atom stereocenters. The van der Waals surface area contributed by atoms with Crippen molar-refractivity contribution in [2.24, 2.45) is 5.10 Å². The summed E-state index contributed by atoms with van der Waals surface area (Å²) in [6, 6.07) is 9.40. The van der Waals surface area contributed by atoms with E-state index in [4.69, 9.17) is 14.5 Å². The third kappa shape index (κ3) is 5.76. The Hall–Kier alpha value is -2.93. The van der Waals surface area contributed by atoms with Crippen molar-refractivity contribution in [1.29, 1.82) is 0 Å². The molecule has 1 heterocycles. The number of rotatable bonds is 10. The van der Waals surface area contributed by atoms with Crippen LogP contribution in [0.2, 0.25) is 0 Å². The smallest absolute Gasteiger partial charge is 0.282 e. The Labute approximate surface area is 209 Å². The lowest BCUT2D eigenvalue weighted by Gasteiger charge is -2.19. The van der Waals surface area contributed by atoms with Gasteiger partial charge in [0.05, 0.1) is 29.8 Å². The number of fused-ring (bicyclic) bond motifs is 1. The topological polar surface area (TPSA) is 65.7 Å². The first-order chi connectivity index (χ1) is 16.3. The van der Waals surface area contributed by atoms with E-state index in [-0.39, 0.29) is 17.6 Å². The minimum Gasteiger partial charge on any atom is -0.490 e. The van der Waals surface area contributed by atoms with Crippen molar-refractivity contribution in [2.45, 2.75) is 59.5 Å². The molecule has 0 amide bonds. The maximum absolute atomic E-state index is 13.4. The maximum atomic E-state index is 13.4. The molecule has 0 aliphatic rings. The van der Waals surface area contributed by atoms with Gasteiger partial charge < -0.3 is 9.47 Å². The summed E-state index contributed by atoms with van der Waals surface area (Å²) in [6.45, 7) is 14.4. The molecule has 0 unspecified atom stereocenters. The first kappa shape index (κ1) is 25.7. The highest BCUT2D eigenvalue weighted by Gasteiger charge is 2.17. The molecule has 0 aliphatic carbocycles. The molecule has 0 fully saturated rings. The third-order valence-electron chi connectivity index (χ3n) is 5.38. The van der Waals surface area contributed by atoms with Gasteiger partial charge in [-0.2, -0.15) is 9.78 Å². The fraction of sp³-hybridized carbons (Fsp3) is 0.370. The Morgan fingerprint density at radius 2 is 1.97 bits per heavy atom. The van der Waals surface area contributed by atoms with Gasteiger partial charge in [-0.3, -0.25) is 4.79 Å². The molecule has 1 aromatic heterocycles. The van der Waals surface area contributed by atoms with Crippen molar-refractivity contribution in [3.63, 3.8) is 0 Å². The molecule has 6 nitrogen and oxygen atoms in total. The molecule has 0 saturated heterocycles. The summed E-state index contributed by atoms with van der Waals surface area (Å²) in [4.78, 5) is 18.2. The standard InChI is InChI=1S/C27H32BrN3O3/c1-7-10-20-13-19(14-24(33-9-3)25(20)34-17(4)5)16-29-31-26(18(6)8-2)30-23-12-11-21(28)15-22(23)27(31)32/h7,11-18H,1,8-10H2,2-6H3/t18-/m0/s1.